The normalized spacial score (nSPS) is 19.7. The zero-order valence-corrected chi connectivity index (χ0v) is 28.3. The van der Waals surface area contributed by atoms with Crippen LogP contribution >= 0.6 is 0 Å². The Morgan fingerprint density at radius 1 is 0.511 bits per heavy atom. The smallest absolute Gasteiger partial charge is 0.127 e. The summed E-state index contributed by atoms with van der Waals surface area (Å²) in [7, 11) is 0. The predicted molar refractivity (Wildman–Crippen MR) is 196 cm³/mol. The number of hydrogen-bond acceptors (Lipinski definition) is 4. The second-order valence-corrected chi connectivity index (χ2v) is 14.3. The molecule has 0 aromatic heterocycles. The van der Waals surface area contributed by atoms with Crippen molar-refractivity contribution >= 4 is 11.4 Å². The maximum Gasteiger partial charge on any atom is 0.127 e. The highest BCUT2D eigenvalue weighted by Crippen LogP contribution is 2.51. The highest BCUT2D eigenvalue weighted by Gasteiger charge is 2.41. The van der Waals surface area contributed by atoms with Gasteiger partial charge < -0.3 is 20.9 Å². The number of unbranched alkanes of at least 4 members (excludes halogenated alkanes) is 4. The van der Waals surface area contributed by atoms with E-state index >= 15 is 0 Å². The van der Waals surface area contributed by atoms with Crippen LogP contribution in [0.15, 0.2) is 97.1 Å². The molecule has 0 aliphatic heterocycles. The fourth-order valence-corrected chi connectivity index (χ4v) is 8.36. The molecule has 248 valence electrons. The molecule has 0 atom stereocenters. The SMILES string of the molecule is CCCCCCC[C@H]1CC[C@H](C2CCC(c3ccc(Oc4ccc(N)cc4)cc3)(c3ccc(Oc4ccc(N)cc4)cc3)CC2)CC1. The van der Waals surface area contributed by atoms with Gasteiger partial charge in [-0.25, -0.2) is 0 Å². The van der Waals surface area contributed by atoms with Crippen LogP contribution in [-0.4, -0.2) is 0 Å². The number of hydrogen-bond donors (Lipinski definition) is 2. The molecule has 0 amide bonds. The van der Waals surface area contributed by atoms with Crippen molar-refractivity contribution in [3.8, 4) is 23.0 Å². The molecule has 2 aliphatic carbocycles. The fraction of sp³-hybridized carbons (Fsp3) is 0.442. The Labute approximate surface area is 282 Å². The van der Waals surface area contributed by atoms with Crippen LogP contribution in [0.25, 0.3) is 0 Å². The molecule has 47 heavy (non-hydrogen) atoms. The quantitative estimate of drug-likeness (QED) is 0.114. The highest BCUT2D eigenvalue weighted by atomic mass is 16.5. The molecular formula is C43H54N2O2. The van der Waals surface area contributed by atoms with Crippen LogP contribution in [0.3, 0.4) is 0 Å². The summed E-state index contributed by atoms with van der Waals surface area (Å²) in [4.78, 5) is 0. The van der Waals surface area contributed by atoms with Crippen LogP contribution in [0.5, 0.6) is 23.0 Å². The predicted octanol–water partition coefficient (Wildman–Crippen LogP) is 12.1. The summed E-state index contributed by atoms with van der Waals surface area (Å²) in [6.07, 6.45) is 19.2. The molecule has 2 saturated carbocycles. The van der Waals surface area contributed by atoms with E-state index in [9.17, 15) is 0 Å². The third kappa shape index (κ3) is 8.52. The van der Waals surface area contributed by atoms with Gasteiger partial charge in [0.1, 0.15) is 23.0 Å². The summed E-state index contributed by atoms with van der Waals surface area (Å²) in [6, 6.07) is 32.8. The van der Waals surface area contributed by atoms with Crippen molar-refractivity contribution in [2.45, 2.75) is 102 Å². The highest BCUT2D eigenvalue weighted by molar-refractivity contribution is 5.47. The Morgan fingerprint density at radius 3 is 1.36 bits per heavy atom. The summed E-state index contributed by atoms with van der Waals surface area (Å²) in [6.45, 7) is 2.31. The number of benzene rings is 4. The van der Waals surface area contributed by atoms with Gasteiger partial charge in [0, 0.05) is 16.8 Å². The largest absolute Gasteiger partial charge is 0.457 e. The van der Waals surface area contributed by atoms with Crippen molar-refractivity contribution in [1.29, 1.82) is 0 Å². The lowest BCUT2D eigenvalue weighted by atomic mass is 9.60. The molecule has 0 saturated heterocycles. The zero-order valence-electron chi connectivity index (χ0n) is 28.3. The standard InChI is InChI=1S/C43H54N2O2/c1-2-3-4-5-6-7-32-8-10-33(11-9-32)34-28-30-43(31-29-34,35-12-20-39(21-13-35)46-41-24-16-37(44)17-25-41)36-14-22-40(23-15-36)47-42-26-18-38(45)19-27-42/h12-27,32-34H,2-11,28-31,44-45H2,1H3/t32-,33-. The zero-order chi connectivity index (χ0) is 32.5. The maximum atomic E-state index is 6.16. The van der Waals surface area contributed by atoms with Gasteiger partial charge in [0.2, 0.25) is 0 Å². The molecule has 2 fully saturated rings. The maximum absolute atomic E-state index is 6.16. The Balaban J connectivity index is 1.14. The van der Waals surface area contributed by atoms with E-state index in [2.05, 4.69) is 55.5 Å². The van der Waals surface area contributed by atoms with Gasteiger partial charge in [0.15, 0.2) is 0 Å². The molecule has 0 bridgehead atoms. The molecule has 0 unspecified atom stereocenters. The lowest BCUT2D eigenvalue weighted by Gasteiger charge is -2.44. The third-order valence-corrected chi connectivity index (χ3v) is 11.2. The number of rotatable bonds is 13. The summed E-state index contributed by atoms with van der Waals surface area (Å²) in [5.41, 5.74) is 15.9. The van der Waals surface area contributed by atoms with E-state index in [1.807, 2.05) is 48.5 Å². The van der Waals surface area contributed by atoms with Gasteiger partial charge in [-0.1, -0.05) is 82.6 Å². The molecule has 4 aromatic rings. The number of anilines is 2. The Bertz CT molecular complexity index is 1400. The molecule has 0 heterocycles. The van der Waals surface area contributed by atoms with E-state index in [-0.39, 0.29) is 5.41 Å². The van der Waals surface area contributed by atoms with Crippen molar-refractivity contribution < 1.29 is 9.47 Å². The van der Waals surface area contributed by atoms with Crippen molar-refractivity contribution in [3.63, 3.8) is 0 Å². The molecule has 4 nitrogen and oxygen atoms in total. The van der Waals surface area contributed by atoms with Gasteiger partial charge in [-0.15, -0.1) is 0 Å². The van der Waals surface area contributed by atoms with Gasteiger partial charge in [-0.2, -0.15) is 0 Å². The van der Waals surface area contributed by atoms with Gasteiger partial charge in [0.25, 0.3) is 0 Å². The second kappa shape index (κ2) is 15.8. The minimum Gasteiger partial charge on any atom is -0.457 e. The minimum atomic E-state index is -0.0222. The van der Waals surface area contributed by atoms with Crippen LogP contribution in [-0.2, 0) is 5.41 Å². The van der Waals surface area contributed by atoms with E-state index in [0.29, 0.717) is 0 Å². The van der Waals surface area contributed by atoms with Crippen molar-refractivity contribution in [3.05, 3.63) is 108 Å². The van der Waals surface area contributed by atoms with Crippen LogP contribution < -0.4 is 20.9 Å². The molecule has 0 spiro atoms. The first-order valence-electron chi connectivity index (χ1n) is 18.3. The van der Waals surface area contributed by atoms with Gasteiger partial charge in [-0.3, -0.25) is 0 Å². The molecule has 4 heteroatoms. The van der Waals surface area contributed by atoms with E-state index < -0.39 is 0 Å². The van der Waals surface area contributed by atoms with E-state index in [1.165, 1.54) is 101 Å². The van der Waals surface area contributed by atoms with E-state index in [4.69, 9.17) is 20.9 Å². The van der Waals surface area contributed by atoms with Crippen molar-refractivity contribution in [2.75, 3.05) is 11.5 Å². The van der Waals surface area contributed by atoms with E-state index in [1.54, 1.807) is 0 Å². The Hall–Kier alpha value is -3.92. The molecule has 2 aliphatic rings. The fourth-order valence-electron chi connectivity index (χ4n) is 8.36. The monoisotopic (exact) mass is 630 g/mol. The molecule has 6 rings (SSSR count). The average molecular weight is 631 g/mol. The number of nitrogens with two attached hydrogens (primary N) is 2. The third-order valence-electron chi connectivity index (χ3n) is 11.2. The average Bonchev–Trinajstić information content (AvgIpc) is 3.11. The summed E-state index contributed by atoms with van der Waals surface area (Å²) >= 11 is 0. The number of ether oxygens (including phenoxy) is 2. The minimum absolute atomic E-state index is 0.0222. The second-order valence-electron chi connectivity index (χ2n) is 14.3. The molecule has 0 radical (unpaired) electrons. The number of nitrogen functional groups attached to an aromatic ring is 2. The van der Waals surface area contributed by atoms with Crippen molar-refractivity contribution in [2.24, 2.45) is 17.8 Å². The summed E-state index contributed by atoms with van der Waals surface area (Å²) < 4.78 is 12.3. The topological polar surface area (TPSA) is 70.5 Å². The Kier molecular flexibility index (Phi) is 11.1. The lowest BCUT2D eigenvalue weighted by molar-refractivity contribution is 0.140. The first kappa shape index (κ1) is 33.0. The molecule has 4 N–H and O–H groups in total. The summed E-state index contributed by atoms with van der Waals surface area (Å²) in [5.74, 6) is 5.99. The molecule has 4 aromatic carbocycles. The first-order chi connectivity index (χ1) is 23.0. The van der Waals surface area contributed by atoms with Crippen molar-refractivity contribution in [1.82, 2.24) is 0 Å². The molecular weight excluding hydrogens is 576 g/mol. The lowest BCUT2D eigenvalue weighted by Crippen LogP contribution is -2.35. The van der Waals surface area contributed by atoms with Crippen LogP contribution in [0, 0.1) is 17.8 Å². The first-order valence-corrected chi connectivity index (χ1v) is 18.3. The van der Waals surface area contributed by atoms with Gasteiger partial charge in [0.05, 0.1) is 0 Å². The van der Waals surface area contributed by atoms with Crippen LogP contribution in [0.1, 0.15) is 108 Å². The van der Waals surface area contributed by atoms with E-state index in [0.717, 1.165) is 52.1 Å². The summed E-state index contributed by atoms with van der Waals surface area (Å²) in [5, 5.41) is 0. The van der Waals surface area contributed by atoms with Gasteiger partial charge in [-0.05, 0) is 140 Å². The van der Waals surface area contributed by atoms with Crippen LogP contribution in [0.2, 0.25) is 0 Å². The van der Waals surface area contributed by atoms with Gasteiger partial charge >= 0.3 is 0 Å². The van der Waals surface area contributed by atoms with Crippen LogP contribution in [0.4, 0.5) is 11.4 Å². The Morgan fingerprint density at radius 2 is 0.915 bits per heavy atom.